The normalized spacial score (nSPS) is 17.1. The van der Waals surface area contributed by atoms with Crippen molar-refractivity contribution in [1.82, 2.24) is 14.9 Å². The Hall–Kier alpha value is -2.63. The highest BCUT2D eigenvalue weighted by Gasteiger charge is 2.30. The maximum Gasteiger partial charge on any atom is 0.257 e. The Morgan fingerprint density at radius 2 is 2.12 bits per heavy atom. The molecule has 0 spiro atoms. The fourth-order valence-corrected chi connectivity index (χ4v) is 3.40. The second-order valence-electron chi connectivity index (χ2n) is 6.85. The third-order valence-electron chi connectivity index (χ3n) is 4.84. The monoisotopic (exact) mass is 354 g/mol. The minimum atomic E-state index is 0.000302. The molecule has 1 atom stereocenters. The summed E-state index contributed by atoms with van der Waals surface area (Å²) in [6, 6.07) is 8.05. The largest absolute Gasteiger partial charge is 0.497 e. The third-order valence-corrected chi connectivity index (χ3v) is 4.84. The Morgan fingerprint density at radius 1 is 1.31 bits per heavy atom. The molecule has 2 heterocycles. The molecule has 2 aromatic rings. The number of aromatic nitrogens is 2. The minimum Gasteiger partial charge on any atom is -0.497 e. The Morgan fingerprint density at radius 3 is 2.81 bits per heavy atom. The lowest BCUT2D eigenvalue weighted by atomic mass is 9.94. The van der Waals surface area contributed by atoms with Crippen molar-refractivity contribution in [3.8, 4) is 5.75 Å². The van der Waals surface area contributed by atoms with Gasteiger partial charge in [-0.1, -0.05) is 12.1 Å². The minimum absolute atomic E-state index is 0.000302. The number of carbonyl (C=O) groups excluding carboxylic acids is 1. The number of rotatable bonds is 4. The van der Waals surface area contributed by atoms with Crippen molar-refractivity contribution in [1.29, 1.82) is 0 Å². The molecular formula is C20H26N4O2. The lowest BCUT2D eigenvalue weighted by molar-refractivity contribution is 0.0609. The van der Waals surface area contributed by atoms with E-state index in [4.69, 9.17) is 4.74 Å². The topological polar surface area (TPSA) is 58.6 Å². The maximum absolute atomic E-state index is 13.2. The fraction of sp³-hybridized carbons (Fsp3) is 0.450. The second kappa shape index (κ2) is 7.72. The number of nitrogens with zero attached hydrogens (tertiary/aromatic N) is 4. The van der Waals surface area contributed by atoms with Gasteiger partial charge in [0.15, 0.2) is 0 Å². The Labute approximate surface area is 154 Å². The number of piperidine rings is 1. The molecule has 26 heavy (non-hydrogen) atoms. The SMILES string of the molecule is COc1cccc(C2CCCCN2C(=O)c2cnc(N(C)C)nc2C)c1. The highest BCUT2D eigenvalue weighted by atomic mass is 16.5. The van der Waals surface area contributed by atoms with Gasteiger partial charge in [-0.2, -0.15) is 0 Å². The number of hydrogen-bond donors (Lipinski definition) is 0. The number of hydrogen-bond acceptors (Lipinski definition) is 5. The van der Waals surface area contributed by atoms with Crippen LogP contribution in [0.5, 0.6) is 5.75 Å². The van der Waals surface area contributed by atoms with Crippen molar-refractivity contribution in [3.05, 3.63) is 47.3 Å². The van der Waals surface area contributed by atoms with Crippen LogP contribution in [-0.2, 0) is 0 Å². The van der Waals surface area contributed by atoms with Crippen molar-refractivity contribution in [2.24, 2.45) is 0 Å². The number of likely N-dealkylation sites (tertiary alicyclic amines) is 1. The van der Waals surface area contributed by atoms with E-state index in [-0.39, 0.29) is 11.9 Å². The second-order valence-corrected chi connectivity index (χ2v) is 6.85. The van der Waals surface area contributed by atoms with E-state index >= 15 is 0 Å². The number of benzene rings is 1. The molecule has 1 saturated heterocycles. The third kappa shape index (κ3) is 3.64. The lowest BCUT2D eigenvalue weighted by Crippen LogP contribution is -2.39. The van der Waals surface area contributed by atoms with Crippen LogP contribution in [0.25, 0.3) is 0 Å². The zero-order valence-electron chi connectivity index (χ0n) is 15.9. The molecule has 1 fully saturated rings. The van der Waals surface area contributed by atoms with Crippen molar-refractivity contribution in [2.45, 2.75) is 32.2 Å². The fourth-order valence-electron chi connectivity index (χ4n) is 3.40. The van der Waals surface area contributed by atoms with E-state index in [1.165, 1.54) is 0 Å². The molecule has 1 aromatic carbocycles. The first kappa shape index (κ1) is 18.2. The molecule has 3 rings (SSSR count). The predicted octanol–water partition coefficient (Wildman–Crippen LogP) is 3.23. The van der Waals surface area contributed by atoms with Crippen molar-refractivity contribution in [2.75, 3.05) is 32.6 Å². The van der Waals surface area contributed by atoms with E-state index in [1.54, 1.807) is 13.3 Å². The molecule has 1 aliphatic rings. The summed E-state index contributed by atoms with van der Waals surface area (Å²) >= 11 is 0. The van der Waals surface area contributed by atoms with Crippen LogP contribution in [0, 0.1) is 6.92 Å². The molecule has 1 unspecified atom stereocenters. The summed E-state index contributed by atoms with van der Waals surface area (Å²) in [5.41, 5.74) is 2.40. The number of aryl methyl sites for hydroxylation is 1. The zero-order valence-corrected chi connectivity index (χ0v) is 15.9. The van der Waals surface area contributed by atoms with Crippen molar-refractivity contribution < 1.29 is 9.53 Å². The molecule has 0 saturated carbocycles. The molecular weight excluding hydrogens is 328 g/mol. The van der Waals surface area contributed by atoms with Crippen LogP contribution in [0.15, 0.2) is 30.5 Å². The van der Waals surface area contributed by atoms with Gasteiger partial charge in [0.05, 0.1) is 24.4 Å². The van der Waals surface area contributed by atoms with Gasteiger partial charge in [0.2, 0.25) is 5.95 Å². The number of methoxy groups -OCH3 is 1. The van der Waals surface area contributed by atoms with Gasteiger partial charge >= 0.3 is 0 Å². The zero-order chi connectivity index (χ0) is 18.7. The average Bonchev–Trinajstić information content (AvgIpc) is 2.67. The maximum atomic E-state index is 13.2. The summed E-state index contributed by atoms with van der Waals surface area (Å²) in [6.07, 6.45) is 4.73. The first-order chi connectivity index (χ1) is 12.5. The van der Waals surface area contributed by atoms with Gasteiger partial charge in [-0.05, 0) is 43.9 Å². The average molecular weight is 354 g/mol. The summed E-state index contributed by atoms with van der Waals surface area (Å²) in [5, 5.41) is 0. The molecule has 0 radical (unpaired) electrons. The smallest absolute Gasteiger partial charge is 0.257 e. The lowest BCUT2D eigenvalue weighted by Gasteiger charge is -2.36. The highest BCUT2D eigenvalue weighted by Crippen LogP contribution is 2.33. The van der Waals surface area contributed by atoms with E-state index in [2.05, 4.69) is 16.0 Å². The summed E-state index contributed by atoms with van der Waals surface area (Å²) in [7, 11) is 5.44. The van der Waals surface area contributed by atoms with Gasteiger partial charge in [0.25, 0.3) is 5.91 Å². The Bertz CT molecular complexity index is 791. The summed E-state index contributed by atoms with van der Waals surface area (Å²) in [6.45, 7) is 2.61. The molecule has 1 aromatic heterocycles. The van der Waals surface area contributed by atoms with E-state index in [0.717, 1.165) is 37.1 Å². The molecule has 6 nitrogen and oxygen atoms in total. The van der Waals surface area contributed by atoms with Crippen LogP contribution in [0.2, 0.25) is 0 Å². The number of anilines is 1. The van der Waals surface area contributed by atoms with E-state index in [1.807, 2.05) is 49.0 Å². The van der Waals surface area contributed by atoms with Crippen LogP contribution in [0.1, 0.15) is 46.9 Å². The Balaban J connectivity index is 1.91. The van der Waals surface area contributed by atoms with Crippen LogP contribution in [0.4, 0.5) is 5.95 Å². The van der Waals surface area contributed by atoms with E-state index in [0.29, 0.717) is 17.2 Å². The van der Waals surface area contributed by atoms with Gasteiger partial charge in [0, 0.05) is 26.8 Å². The number of amides is 1. The number of carbonyl (C=O) groups is 1. The standard InChI is InChI=1S/C20H26N4O2/c1-14-17(13-21-20(22-14)23(2)3)19(25)24-11-6-5-10-18(24)15-8-7-9-16(12-15)26-4/h7-9,12-13,18H,5-6,10-11H2,1-4H3. The van der Waals surface area contributed by atoms with Crippen molar-refractivity contribution >= 4 is 11.9 Å². The number of ether oxygens (including phenoxy) is 1. The van der Waals surface area contributed by atoms with Crippen molar-refractivity contribution in [3.63, 3.8) is 0 Å². The van der Waals surface area contributed by atoms with Gasteiger partial charge in [-0.25, -0.2) is 9.97 Å². The molecule has 6 heteroatoms. The van der Waals surface area contributed by atoms with Crippen LogP contribution >= 0.6 is 0 Å². The molecule has 0 aliphatic carbocycles. The summed E-state index contributed by atoms with van der Waals surface area (Å²) in [4.78, 5) is 25.8. The predicted molar refractivity (Wildman–Crippen MR) is 102 cm³/mol. The van der Waals surface area contributed by atoms with Crippen LogP contribution in [-0.4, -0.2) is 48.5 Å². The molecule has 1 amide bonds. The van der Waals surface area contributed by atoms with E-state index in [9.17, 15) is 4.79 Å². The quantitative estimate of drug-likeness (QED) is 0.844. The molecule has 138 valence electrons. The van der Waals surface area contributed by atoms with Crippen LogP contribution in [0.3, 0.4) is 0 Å². The Kier molecular flexibility index (Phi) is 5.40. The highest BCUT2D eigenvalue weighted by molar-refractivity contribution is 5.95. The van der Waals surface area contributed by atoms with Gasteiger partial charge in [0.1, 0.15) is 5.75 Å². The van der Waals surface area contributed by atoms with E-state index < -0.39 is 0 Å². The first-order valence-electron chi connectivity index (χ1n) is 8.97. The summed E-state index contributed by atoms with van der Waals surface area (Å²) < 4.78 is 5.35. The van der Waals surface area contributed by atoms with Crippen LogP contribution < -0.4 is 9.64 Å². The summed E-state index contributed by atoms with van der Waals surface area (Å²) in [5.74, 6) is 1.43. The van der Waals surface area contributed by atoms with Gasteiger partial charge < -0.3 is 14.5 Å². The molecule has 0 bridgehead atoms. The first-order valence-corrected chi connectivity index (χ1v) is 8.97. The van der Waals surface area contributed by atoms with Gasteiger partial charge in [-0.15, -0.1) is 0 Å². The van der Waals surface area contributed by atoms with Gasteiger partial charge in [-0.3, -0.25) is 4.79 Å². The molecule has 1 aliphatic heterocycles. The molecule has 0 N–H and O–H groups in total.